The van der Waals surface area contributed by atoms with E-state index in [1.807, 2.05) is 6.92 Å². The second-order valence-corrected chi connectivity index (χ2v) is 6.44. The Kier molecular flexibility index (Phi) is 6.86. The van der Waals surface area contributed by atoms with E-state index in [1.165, 1.54) is 11.1 Å². The Balaban J connectivity index is 1.68. The molecule has 0 aromatic heterocycles. The summed E-state index contributed by atoms with van der Waals surface area (Å²) in [6, 6.07) is 8.84. The number of ether oxygens (including phenoxy) is 1. The van der Waals surface area contributed by atoms with Gasteiger partial charge in [0.15, 0.2) is 0 Å². The topological polar surface area (TPSA) is 53.6 Å². The normalized spacial score (nSPS) is 17.7. The van der Waals surface area contributed by atoms with Crippen LogP contribution in [0.3, 0.4) is 0 Å². The van der Waals surface area contributed by atoms with Crippen molar-refractivity contribution < 1.29 is 9.53 Å². The van der Waals surface area contributed by atoms with E-state index in [-0.39, 0.29) is 18.2 Å². The van der Waals surface area contributed by atoms with E-state index >= 15 is 0 Å². The Morgan fingerprint density at radius 2 is 2.13 bits per heavy atom. The molecule has 1 aromatic carbocycles. The Morgan fingerprint density at radius 3 is 2.78 bits per heavy atom. The number of amides is 2. The molecule has 1 atom stereocenters. The zero-order valence-corrected chi connectivity index (χ0v) is 14.5. The maximum Gasteiger partial charge on any atom is 0.315 e. The predicted octanol–water partition coefficient (Wildman–Crippen LogP) is 2.29. The SMILES string of the molecule is CO[C@H](C)CNC(=O)NC1CCN(Cc2cccc(C)c2)CC1. The first-order chi connectivity index (χ1) is 11.1. The van der Waals surface area contributed by atoms with Gasteiger partial charge in [-0.05, 0) is 32.3 Å². The van der Waals surface area contributed by atoms with Gasteiger partial charge in [0.2, 0.25) is 0 Å². The molecule has 0 spiro atoms. The molecule has 0 unspecified atom stereocenters. The fourth-order valence-electron chi connectivity index (χ4n) is 2.86. The van der Waals surface area contributed by atoms with Gasteiger partial charge in [0.25, 0.3) is 0 Å². The molecule has 2 rings (SSSR count). The van der Waals surface area contributed by atoms with Crippen LogP contribution in [0.2, 0.25) is 0 Å². The zero-order valence-electron chi connectivity index (χ0n) is 14.5. The first kappa shape index (κ1) is 17.8. The second-order valence-electron chi connectivity index (χ2n) is 6.44. The molecule has 2 N–H and O–H groups in total. The molecule has 0 radical (unpaired) electrons. The van der Waals surface area contributed by atoms with Crippen molar-refractivity contribution >= 4 is 6.03 Å². The van der Waals surface area contributed by atoms with Crippen molar-refractivity contribution in [3.05, 3.63) is 35.4 Å². The van der Waals surface area contributed by atoms with Crippen LogP contribution in [0.4, 0.5) is 4.79 Å². The molecule has 2 amide bonds. The molecule has 1 aromatic rings. The number of aryl methyl sites for hydroxylation is 1. The van der Waals surface area contributed by atoms with Crippen LogP contribution in [-0.4, -0.2) is 49.8 Å². The maximum atomic E-state index is 11.9. The van der Waals surface area contributed by atoms with E-state index in [2.05, 4.69) is 46.7 Å². The molecule has 1 aliphatic rings. The smallest absolute Gasteiger partial charge is 0.315 e. The molecule has 128 valence electrons. The van der Waals surface area contributed by atoms with Crippen LogP contribution in [0.1, 0.15) is 30.9 Å². The van der Waals surface area contributed by atoms with E-state index < -0.39 is 0 Å². The molecule has 0 bridgehead atoms. The van der Waals surface area contributed by atoms with Crippen molar-refractivity contribution in [2.24, 2.45) is 0 Å². The van der Waals surface area contributed by atoms with E-state index in [0.29, 0.717) is 6.54 Å². The van der Waals surface area contributed by atoms with Gasteiger partial charge in [-0.2, -0.15) is 0 Å². The number of nitrogens with zero attached hydrogens (tertiary/aromatic N) is 1. The highest BCUT2D eigenvalue weighted by atomic mass is 16.5. The minimum atomic E-state index is -0.0916. The molecule has 23 heavy (non-hydrogen) atoms. The van der Waals surface area contributed by atoms with Crippen molar-refractivity contribution in [2.75, 3.05) is 26.7 Å². The molecule has 1 fully saturated rings. The summed E-state index contributed by atoms with van der Waals surface area (Å²) >= 11 is 0. The van der Waals surface area contributed by atoms with Crippen molar-refractivity contribution in [1.82, 2.24) is 15.5 Å². The highest BCUT2D eigenvalue weighted by Gasteiger charge is 2.20. The van der Waals surface area contributed by atoms with Gasteiger partial charge in [-0.15, -0.1) is 0 Å². The van der Waals surface area contributed by atoms with Crippen LogP contribution >= 0.6 is 0 Å². The number of hydrogen-bond donors (Lipinski definition) is 2. The van der Waals surface area contributed by atoms with Gasteiger partial charge < -0.3 is 15.4 Å². The van der Waals surface area contributed by atoms with Crippen molar-refractivity contribution in [2.45, 2.75) is 45.4 Å². The second kappa shape index (κ2) is 8.89. The summed E-state index contributed by atoms with van der Waals surface area (Å²) in [7, 11) is 1.65. The summed E-state index contributed by atoms with van der Waals surface area (Å²) < 4.78 is 5.12. The van der Waals surface area contributed by atoms with Crippen LogP contribution in [-0.2, 0) is 11.3 Å². The third-order valence-electron chi connectivity index (χ3n) is 4.36. The summed E-state index contributed by atoms with van der Waals surface area (Å²) in [6.45, 7) is 7.63. The van der Waals surface area contributed by atoms with E-state index in [4.69, 9.17) is 4.74 Å². The summed E-state index contributed by atoms with van der Waals surface area (Å²) in [4.78, 5) is 14.3. The van der Waals surface area contributed by atoms with E-state index in [9.17, 15) is 4.79 Å². The van der Waals surface area contributed by atoms with Gasteiger partial charge in [-0.25, -0.2) is 4.79 Å². The number of nitrogens with one attached hydrogen (secondary N) is 2. The van der Waals surface area contributed by atoms with Crippen molar-refractivity contribution in [3.8, 4) is 0 Å². The van der Waals surface area contributed by atoms with Gasteiger partial charge in [0.1, 0.15) is 0 Å². The number of benzene rings is 1. The Bertz CT molecular complexity index is 499. The maximum absolute atomic E-state index is 11.9. The molecular weight excluding hydrogens is 290 g/mol. The van der Waals surface area contributed by atoms with Crippen molar-refractivity contribution in [1.29, 1.82) is 0 Å². The summed E-state index contributed by atoms with van der Waals surface area (Å²) in [5.41, 5.74) is 2.67. The third kappa shape index (κ3) is 6.20. The lowest BCUT2D eigenvalue weighted by atomic mass is 10.0. The van der Waals surface area contributed by atoms with Crippen LogP contribution in [0.15, 0.2) is 24.3 Å². The first-order valence-corrected chi connectivity index (χ1v) is 8.42. The average molecular weight is 319 g/mol. The summed E-state index contributed by atoms with van der Waals surface area (Å²) in [5, 5.41) is 5.91. The lowest BCUT2D eigenvalue weighted by Gasteiger charge is -2.32. The van der Waals surface area contributed by atoms with Gasteiger partial charge >= 0.3 is 6.03 Å². The molecule has 5 heteroatoms. The van der Waals surface area contributed by atoms with E-state index in [0.717, 1.165) is 32.5 Å². The first-order valence-electron chi connectivity index (χ1n) is 8.42. The number of likely N-dealkylation sites (tertiary alicyclic amines) is 1. The number of carbonyl (C=O) groups is 1. The minimum absolute atomic E-state index is 0.0388. The molecular formula is C18H29N3O2. The standard InChI is InChI=1S/C18H29N3O2/c1-14-5-4-6-16(11-14)13-21-9-7-17(8-10-21)20-18(22)19-12-15(2)23-3/h4-6,11,15,17H,7-10,12-13H2,1-3H3,(H2,19,20,22)/t15-/m1/s1. The Morgan fingerprint density at radius 1 is 1.39 bits per heavy atom. The molecule has 1 aliphatic heterocycles. The molecule has 0 aliphatic carbocycles. The Hall–Kier alpha value is -1.59. The number of urea groups is 1. The predicted molar refractivity (Wildman–Crippen MR) is 92.5 cm³/mol. The van der Waals surface area contributed by atoms with Crippen LogP contribution in [0.25, 0.3) is 0 Å². The zero-order chi connectivity index (χ0) is 16.7. The number of methoxy groups -OCH3 is 1. The highest BCUT2D eigenvalue weighted by molar-refractivity contribution is 5.74. The highest BCUT2D eigenvalue weighted by Crippen LogP contribution is 2.14. The van der Waals surface area contributed by atoms with Gasteiger partial charge in [0, 0.05) is 39.3 Å². The summed E-state index contributed by atoms with van der Waals surface area (Å²) in [6.07, 6.45) is 2.04. The number of carbonyl (C=O) groups excluding carboxylic acids is 1. The summed E-state index contributed by atoms with van der Waals surface area (Å²) in [5.74, 6) is 0. The Labute approximate surface area is 139 Å². The fourth-order valence-corrected chi connectivity index (χ4v) is 2.86. The molecule has 5 nitrogen and oxygen atoms in total. The number of hydrogen-bond acceptors (Lipinski definition) is 3. The third-order valence-corrected chi connectivity index (χ3v) is 4.36. The number of piperidine rings is 1. The van der Waals surface area contributed by atoms with Gasteiger partial charge in [-0.3, -0.25) is 4.90 Å². The lowest BCUT2D eigenvalue weighted by molar-refractivity contribution is 0.118. The molecule has 1 heterocycles. The largest absolute Gasteiger partial charge is 0.380 e. The number of rotatable bonds is 6. The fraction of sp³-hybridized carbons (Fsp3) is 0.611. The van der Waals surface area contributed by atoms with Gasteiger partial charge in [-0.1, -0.05) is 29.8 Å². The van der Waals surface area contributed by atoms with Crippen LogP contribution < -0.4 is 10.6 Å². The lowest BCUT2D eigenvalue weighted by Crippen LogP contribution is -2.48. The average Bonchev–Trinajstić information content (AvgIpc) is 2.54. The van der Waals surface area contributed by atoms with Crippen LogP contribution in [0, 0.1) is 6.92 Å². The molecule has 1 saturated heterocycles. The van der Waals surface area contributed by atoms with E-state index in [1.54, 1.807) is 7.11 Å². The quantitative estimate of drug-likeness (QED) is 0.846. The van der Waals surface area contributed by atoms with Crippen molar-refractivity contribution in [3.63, 3.8) is 0 Å². The molecule has 0 saturated carbocycles. The van der Waals surface area contributed by atoms with Gasteiger partial charge in [0.05, 0.1) is 6.10 Å². The minimum Gasteiger partial charge on any atom is -0.380 e. The van der Waals surface area contributed by atoms with Crippen LogP contribution in [0.5, 0.6) is 0 Å². The monoisotopic (exact) mass is 319 g/mol.